The van der Waals surface area contributed by atoms with Crippen LogP contribution in [0.4, 0.5) is 0 Å². The van der Waals surface area contributed by atoms with Gasteiger partial charge in [-0.2, -0.15) is 0 Å². The SMILES string of the molecule is COc1ccccc1CN1CCNC(C)C1.Cl. The van der Waals surface area contributed by atoms with Crippen molar-refractivity contribution >= 4 is 12.4 Å². The molecule has 1 N–H and O–H groups in total. The molecule has 96 valence electrons. The first kappa shape index (κ1) is 14.3. The molecule has 0 aromatic heterocycles. The third kappa shape index (κ3) is 3.87. The molecule has 17 heavy (non-hydrogen) atoms. The zero-order valence-electron chi connectivity index (χ0n) is 10.5. The molecule has 1 fully saturated rings. The Morgan fingerprint density at radius 2 is 2.18 bits per heavy atom. The standard InChI is InChI=1S/C13H20N2O.ClH/c1-11-9-15(8-7-14-11)10-12-5-3-4-6-13(12)16-2;/h3-6,11,14H,7-10H2,1-2H3;1H. The maximum absolute atomic E-state index is 5.37. The van der Waals surface area contributed by atoms with Crippen molar-refractivity contribution in [3.8, 4) is 5.75 Å². The second kappa shape index (κ2) is 6.84. The molecular formula is C13H21ClN2O. The molecule has 4 heteroatoms. The van der Waals surface area contributed by atoms with E-state index in [-0.39, 0.29) is 12.4 Å². The molecule has 0 aliphatic carbocycles. The van der Waals surface area contributed by atoms with Gasteiger partial charge in [0.2, 0.25) is 0 Å². The summed E-state index contributed by atoms with van der Waals surface area (Å²) in [5.74, 6) is 0.994. The zero-order valence-corrected chi connectivity index (χ0v) is 11.3. The van der Waals surface area contributed by atoms with Gasteiger partial charge in [-0.3, -0.25) is 4.90 Å². The first-order valence-corrected chi connectivity index (χ1v) is 5.87. The molecule has 1 heterocycles. The van der Waals surface area contributed by atoms with E-state index in [1.54, 1.807) is 7.11 Å². The van der Waals surface area contributed by atoms with Gasteiger partial charge in [-0.15, -0.1) is 12.4 Å². The van der Waals surface area contributed by atoms with E-state index in [1.807, 2.05) is 12.1 Å². The summed E-state index contributed by atoms with van der Waals surface area (Å²) in [5.41, 5.74) is 1.28. The lowest BCUT2D eigenvalue weighted by Gasteiger charge is -2.32. The van der Waals surface area contributed by atoms with Crippen LogP contribution in [0.5, 0.6) is 5.75 Å². The molecular weight excluding hydrogens is 236 g/mol. The molecule has 1 unspecified atom stereocenters. The van der Waals surface area contributed by atoms with Gasteiger partial charge < -0.3 is 10.1 Å². The minimum absolute atomic E-state index is 0. The van der Waals surface area contributed by atoms with Gasteiger partial charge in [0, 0.05) is 37.8 Å². The van der Waals surface area contributed by atoms with Crippen LogP contribution >= 0.6 is 12.4 Å². The highest BCUT2D eigenvalue weighted by Gasteiger charge is 2.16. The van der Waals surface area contributed by atoms with E-state index in [0.29, 0.717) is 6.04 Å². The molecule has 1 atom stereocenters. The highest BCUT2D eigenvalue weighted by molar-refractivity contribution is 5.85. The van der Waals surface area contributed by atoms with E-state index in [1.165, 1.54) is 5.56 Å². The number of hydrogen-bond acceptors (Lipinski definition) is 3. The Bertz CT molecular complexity index is 346. The Labute approximate surface area is 110 Å². The first-order chi connectivity index (χ1) is 7.79. The van der Waals surface area contributed by atoms with Crippen molar-refractivity contribution in [3.05, 3.63) is 29.8 Å². The molecule has 0 bridgehead atoms. The number of halogens is 1. The molecule has 2 rings (SSSR count). The smallest absolute Gasteiger partial charge is 0.123 e. The fraction of sp³-hybridized carbons (Fsp3) is 0.538. The first-order valence-electron chi connectivity index (χ1n) is 5.87. The van der Waals surface area contributed by atoms with Crippen molar-refractivity contribution < 1.29 is 4.74 Å². The highest BCUT2D eigenvalue weighted by Crippen LogP contribution is 2.19. The normalized spacial score (nSPS) is 20.7. The molecule has 0 amide bonds. The number of nitrogens with one attached hydrogen (secondary N) is 1. The monoisotopic (exact) mass is 256 g/mol. The average Bonchev–Trinajstić information content (AvgIpc) is 2.30. The molecule has 0 saturated carbocycles. The second-order valence-corrected chi connectivity index (χ2v) is 4.40. The van der Waals surface area contributed by atoms with Gasteiger partial charge in [0.25, 0.3) is 0 Å². The van der Waals surface area contributed by atoms with E-state index < -0.39 is 0 Å². The number of ether oxygens (including phenoxy) is 1. The molecule has 0 spiro atoms. The minimum Gasteiger partial charge on any atom is -0.496 e. The van der Waals surface area contributed by atoms with Gasteiger partial charge in [0.05, 0.1) is 7.11 Å². The minimum atomic E-state index is 0. The summed E-state index contributed by atoms with van der Waals surface area (Å²) in [5, 5.41) is 3.45. The van der Waals surface area contributed by atoms with Crippen LogP contribution in [0.25, 0.3) is 0 Å². The van der Waals surface area contributed by atoms with Crippen molar-refractivity contribution in [2.75, 3.05) is 26.7 Å². The second-order valence-electron chi connectivity index (χ2n) is 4.40. The number of nitrogens with zero attached hydrogens (tertiary/aromatic N) is 1. The van der Waals surface area contributed by atoms with Crippen molar-refractivity contribution in [3.63, 3.8) is 0 Å². The quantitative estimate of drug-likeness (QED) is 0.894. The third-order valence-corrected chi connectivity index (χ3v) is 3.04. The number of benzene rings is 1. The summed E-state index contributed by atoms with van der Waals surface area (Å²) in [6, 6.07) is 8.85. The van der Waals surface area contributed by atoms with Crippen LogP contribution in [-0.2, 0) is 6.54 Å². The third-order valence-electron chi connectivity index (χ3n) is 3.04. The lowest BCUT2D eigenvalue weighted by molar-refractivity contribution is 0.197. The topological polar surface area (TPSA) is 24.5 Å². The van der Waals surface area contributed by atoms with Crippen molar-refractivity contribution in [2.45, 2.75) is 19.5 Å². The van der Waals surface area contributed by atoms with E-state index in [4.69, 9.17) is 4.74 Å². The predicted molar refractivity (Wildman–Crippen MR) is 73.0 cm³/mol. The summed E-state index contributed by atoms with van der Waals surface area (Å²) in [7, 11) is 1.74. The van der Waals surface area contributed by atoms with Crippen molar-refractivity contribution in [1.29, 1.82) is 0 Å². The van der Waals surface area contributed by atoms with E-state index in [0.717, 1.165) is 31.9 Å². The zero-order chi connectivity index (χ0) is 11.4. The van der Waals surface area contributed by atoms with E-state index in [2.05, 4.69) is 29.3 Å². The van der Waals surface area contributed by atoms with Crippen LogP contribution in [0, 0.1) is 0 Å². The number of methoxy groups -OCH3 is 1. The van der Waals surface area contributed by atoms with E-state index >= 15 is 0 Å². The fourth-order valence-electron chi connectivity index (χ4n) is 2.23. The molecule has 1 saturated heterocycles. The number of hydrogen-bond donors (Lipinski definition) is 1. The van der Waals surface area contributed by atoms with Crippen LogP contribution < -0.4 is 10.1 Å². The Morgan fingerprint density at radius 3 is 2.88 bits per heavy atom. The van der Waals surface area contributed by atoms with Gasteiger partial charge in [-0.1, -0.05) is 18.2 Å². The Hall–Kier alpha value is -0.770. The largest absolute Gasteiger partial charge is 0.496 e. The molecule has 3 nitrogen and oxygen atoms in total. The van der Waals surface area contributed by atoms with Crippen LogP contribution in [0.1, 0.15) is 12.5 Å². The molecule has 1 aromatic carbocycles. The fourth-order valence-corrected chi connectivity index (χ4v) is 2.23. The number of rotatable bonds is 3. The van der Waals surface area contributed by atoms with E-state index in [9.17, 15) is 0 Å². The van der Waals surface area contributed by atoms with Crippen molar-refractivity contribution in [2.24, 2.45) is 0 Å². The average molecular weight is 257 g/mol. The maximum atomic E-state index is 5.37. The van der Waals surface area contributed by atoms with Gasteiger partial charge in [-0.05, 0) is 13.0 Å². The highest BCUT2D eigenvalue weighted by atomic mass is 35.5. The molecule has 1 aromatic rings. The lowest BCUT2D eigenvalue weighted by atomic mass is 10.1. The van der Waals surface area contributed by atoms with Gasteiger partial charge in [-0.25, -0.2) is 0 Å². The Kier molecular flexibility index (Phi) is 5.75. The number of para-hydroxylation sites is 1. The molecule has 1 aliphatic heterocycles. The summed E-state index contributed by atoms with van der Waals surface area (Å²) in [6.07, 6.45) is 0. The summed E-state index contributed by atoms with van der Waals surface area (Å²) < 4.78 is 5.37. The molecule has 0 radical (unpaired) electrons. The Morgan fingerprint density at radius 1 is 1.41 bits per heavy atom. The van der Waals surface area contributed by atoms with Gasteiger partial charge >= 0.3 is 0 Å². The lowest BCUT2D eigenvalue weighted by Crippen LogP contribution is -2.48. The maximum Gasteiger partial charge on any atom is 0.123 e. The Balaban J connectivity index is 0.00000144. The van der Waals surface area contributed by atoms with Crippen molar-refractivity contribution in [1.82, 2.24) is 10.2 Å². The predicted octanol–water partition coefficient (Wildman–Crippen LogP) is 1.91. The number of piperazine rings is 1. The summed E-state index contributed by atoms with van der Waals surface area (Å²) in [6.45, 7) is 6.52. The summed E-state index contributed by atoms with van der Waals surface area (Å²) in [4.78, 5) is 2.47. The van der Waals surface area contributed by atoms with Crippen LogP contribution in [0.3, 0.4) is 0 Å². The van der Waals surface area contributed by atoms with Gasteiger partial charge in [0.15, 0.2) is 0 Å². The molecule has 1 aliphatic rings. The van der Waals surface area contributed by atoms with Crippen LogP contribution in [0.15, 0.2) is 24.3 Å². The summed E-state index contributed by atoms with van der Waals surface area (Å²) >= 11 is 0. The van der Waals surface area contributed by atoms with Gasteiger partial charge in [0.1, 0.15) is 5.75 Å². The van der Waals surface area contributed by atoms with Crippen LogP contribution in [-0.4, -0.2) is 37.7 Å². The van der Waals surface area contributed by atoms with Crippen LogP contribution in [0.2, 0.25) is 0 Å².